The van der Waals surface area contributed by atoms with Crippen molar-refractivity contribution in [3.05, 3.63) is 29.8 Å². The van der Waals surface area contributed by atoms with Crippen molar-refractivity contribution in [2.24, 2.45) is 0 Å². The van der Waals surface area contributed by atoms with Gasteiger partial charge in [0.2, 0.25) is 11.8 Å². The molecule has 116 valence electrons. The first-order valence-electron chi connectivity index (χ1n) is 7.47. The normalized spacial score (nSPS) is 24.0. The Morgan fingerprint density at radius 3 is 2.86 bits per heavy atom. The van der Waals surface area contributed by atoms with E-state index in [1.807, 2.05) is 12.1 Å². The molecular weight excluding hydrogens is 284 g/mol. The first-order valence-corrected chi connectivity index (χ1v) is 7.47. The summed E-state index contributed by atoms with van der Waals surface area (Å²) in [7, 11) is 0. The van der Waals surface area contributed by atoms with E-state index in [0.29, 0.717) is 25.1 Å². The average Bonchev–Trinajstić information content (AvgIpc) is 2.62. The van der Waals surface area contributed by atoms with Crippen molar-refractivity contribution in [2.75, 3.05) is 18.1 Å². The number of ether oxygens (including phenoxy) is 1. The Balaban J connectivity index is 2.07. The van der Waals surface area contributed by atoms with E-state index in [1.165, 1.54) is 0 Å². The molecule has 1 fully saturated rings. The minimum atomic E-state index is -0.817. The minimum absolute atomic E-state index is 0.0586. The lowest BCUT2D eigenvalue weighted by molar-refractivity contribution is -0.123. The quantitative estimate of drug-likeness (QED) is 0.857. The number of anilines is 1. The number of benzene rings is 1. The number of hydrogen-bond acceptors (Lipinski definition) is 4. The van der Waals surface area contributed by atoms with Crippen LogP contribution in [0.15, 0.2) is 24.3 Å². The Labute approximate surface area is 128 Å². The first-order chi connectivity index (χ1) is 10.6. The Morgan fingerprint density at radius 1 is 1.32 bits per heavy atom. The fourth-order valence-corrected chi connectivity index (χ4v) is 3.32. The van der Waals surface area contributed by atoms with Crippen LogP contribution in [-0.2, 0) is 19.7 Å². The van der Waals surface area contributed by atoms with Gasteiger partial charge in [-0.1, -0.05) is 18.2 Å². The van der Waals surface area contributed by atoms with Gasteiger partial charge in [-0.3, -0.25) is 9.59 Å². The largest absolute Gasteiger partial charge is 0.449 e. The number of nitrogens with zero attached hydrogens (tertiary/aromatic N) is 1. The van der Waals surface area contributed by atoms with Gasteiger partial charge < -0.3 is 10.1 Å². The topological polar surface area (TPSA) is 75.7 Å². The highest BCUT2D eigenvalue weighted by Gasteiger charge is 2.53. The molecule has 0 unspecified atom stereocenters. The van der Waals surface area contributed by atoms with Crippen molar-refractivity contribution >= 4 is 23.6 Å². The van der Waals surface area contributed by atoms with Crippen LogP contribution in [0.2, 0.25) is 0 Å². The van der Waals surface area contributed by atoms with Gasteiger partial charge in [0.05, 0.1) is 17.7 Å². The van der Waals surface area contributed by atoms with Gasteiger partial charge in [-0.25, -0.2) is 9.69 Å². The molecule has 1 aromatic carbocycles. The summed E-state index contributed by atoms with van der Waals surface area (Å²) in [6.45, 7) is 2.34. The van der Waals surface area contributed by atoms with E-state index >= 15 is 0 Å². The van der Waals surface area contributed by atoms with Crippen LogP contribution in [-0.4, -0.2) is 31.1 Å². The third-order valence-electron chi connectivity index (χ3n) is 4.38. The molecule has 22 heavy (non-hydrogen) atoms. The summed E-state index contributed by atoms with van der Waals surface area (Å²) in [5, 5.41) is 2.79. The summed E-state index contributed by atoms with van der Waals surface area (Å²) < 4.78 is 5.02. The zero-order chi connectivity index (χ0) is 15.7. The van der Waals surface area contributed by atoms with Crippen LogP contribution in [0.25, 0.3) is 0 Å². The third kappa shape index (κ3) is 2.06. The highest BCUT2D eigenvalue weighted by Crippen LogP contribution is 2.47. The smallest absolute Gasteiger partial charge is 0.421 e. The van der Waals surface area contributed by atoms with Gasteiger partial charge in [0.1, 0.15) is 0 Å². The molecule has 6 heteroatoms. The number of rotatable bonds is 1. The molecular formula is C16H18N2O4. The summed E-state index contributed by atoms with van der Waals surface area (Å²) in [5.74, 6) is -0.347. The van der Waals surface area contributed by atoms with Gasteiger partial charge in [0.25, 0.3) is 0 Å². The maximum absolute atomic E-state index is 13.0. The summed E-state index contributed by atoms with van der Waals surface area (Å²) >= 11 is 0. The van der Waals surface area contributed by atoms with Crippen molar-refractivity contribution in [3.63, 3.8) is 0 Å². The predicted octanol–water partition coefficient (Wildman–Crippen LogP) is 1.73. The zero-order valence-electron chi connectivity index (χ0n) is 12.4. The molecule has 1 N–H and O–H groups in total. The molecule has 2 aliphatic heterocycles. The van der Waals surface area contributed by atoms with Crippen molar-refractivity contribution in [1.29, 1.82) is 0 Å². The van der Waals surface area contributed by atoms with E-state index in [1.54, 1.807) is 19.1 Å². The third-order valence-corrected chi connectivity index (χ3v) is 4.38. The molecule has 2 aliphatic rings. The van der Waals surface area contributed by atoms with Crippen LogP contribution in [0.4, 0.5) is 10.5 Å². The van der Waals surface area contributed by atoms with Gasteiger partial charge in [0, 0.05) is 13.0 Å². The molecule has 1 spiro atoms. The maximum atomic E-state index is 13.0. The Morgan fingerprint density at radius 2 is 2.09 bits per heavy atom. The molecule has 1 atom stereocenters. The predicted molar refractivity (Wildman–Crippen MR) is 79.5 cm³/mol. The molecule has 0 aromatic heterocycles. The minimum Gasteiger partial charge on any atom is -0.449 e. The van der Waals surface area contributed by atoms with E-state index in [4.69, 9.17) is 4.74 Å². The molecule has 0 bridgehead atoms. The second kappa shape index (κ2) is 5.44. The van der Waals surface area contributed by atoms with Gasteiger partial charge in [-0.15, -0.1) is 0 Å². The Kier molecular flexibility index (Phi) is 3.60. The Hall–Kier alpha value is -2.37. The number of para-hydroxylation sites is 1. The molecule has 0 saturated carbocycles. The lowest BCUT2D eigenvalue weighted by atomic mass is 9.75. The average molecular weight is 302 g/mol. The Bertz CT molecular complexity index is 643. The maximum Gasteiger partial charge on any atom is 0.421 e. The summed E-state index contributed by atoms with van der Waals surface area (Å²) in [6, 6.07) is 7.25. The lowest BCUT2D eigenvalue weighted by Gasteiger charge is -2.25. The molecule has 0 radical (unpaired) electrons. The summed E-state index contributed by atoms with van der Waals surface area (Å²) in [5.41, 5.74) is 0.563. The first kappa shape index (κ1) is 14.6. The molecule has 1 saturated heterocycles. The number of nitrogens with one attached hydrogen (secondary N) is 1. The van der Waals surface area contributed by atoms with Crippen molar-refractivity contribution < 1.29 is 19.1 Å². The molecule has 3 amide bonds. The molecule has 6 nitrogen and oxygen atoms in total. The summed E-state index contributed by atoms with van der Waals surface area (Å²) in [6.07, 6.45) is 0.520. The molecule has 3 rings (SSSR count). The van der Waals surface area contributed by atoms with Crippen LogP contribution < -0.4 is 10.2 Å². The second-order valence-corrected chi connectivity index (χ2v) is 5.54. The highest BCUT2D eigenvalue weighted by molar-refractivity contribution is 6.21. The van der Waals surface area contributed by atoms with Crippen LogP contribution in [0.1, 0.15) is 31.7 Å². The van der Waals surface area contributed by atoms with E-state index in [0.717, 1.165) is 10.5 Å². The number of carbonyl (C=O) groups is 3. The van der Waals surface area contributed by atoms with Gasteiger partial charge in [-0.05, 0) is 31.4 Å². The van der Waals surface area contributed by atoms with Gasteiger partial charge in [-0.2, -0.15) is 0 Å². The number of carbonyl (C=O) groups excluding carboxylic acids is 3. The van der Waals surface area contributed by atoms with Gasteiger partial charge in [0.15, 0.2) is 0 Å². The number of fused-ring (bicyclic) bond motifs is 2. The monoisotopic (exact) mass is 302 g/mol. The number of amides is 3. The van der Waals surface area contributed by atoms with Crippen LogP contribution in [0, 0.1) is 0 Å². The highest BCUT2D eigenvalue weighted by atomic mass is 16.6. The molecule has 2 heterocycles. The second-order valence-electron chi connectivity index (χ2n) is 5.54. The van der Waals surface area contributed by atoms with Crippen LogP contribution >= 0.6 is 0 Å². The zero-order valence-corrected chi connectivity index (χ0v) is 12.4. The van der Waals surface area contributed by atoms with Crippen LogP contribution in [0.5, 0.6) is 0 Å². The van der Waals surface area contributed by atoms with E-state index in [2.05, 4.69) is 5.32 Å². The number of imide groups is 1. The SMILES string of the molecule is CCOC(=O)N1C(=O)[C@@]2(CCNC(=O)CC2)c2ccccc21. The molecule has 1 aromatic rings. The lowest BCUT2D eigenvalue weighted by Crippen LogP contribution is -2.44. The van der Waals surface area contributed by atoms with E-state index in [9.17, 15) is 14.4 Å². The van der Waals surface area contributed by atoms with Crippen molar-refractivity contribution in [2.45, 2.75) is 31.6 Å². The van der Waals surface area contributed by atoms with Crippen molar-refractivity contribution in [3.8, 4) is 0 Å². The van der Waals surface area contributed by atoms with Gasteiger partial charge >= 0.3 is 6.09 Å². The van der Waals surface area contributed by atoms with E-state index in [-0.39, 0.29) is 24.8 Å². The standard InChI is InChI=1S/C16H18N2O4/c1-2-22-15(21)18-12-6-4-3-5-11(12)16(14(18)20)8-7-13(19)17-10-9-16/h3-6H,2,7-10H2,1H3,(H,17,19)/t16-/m0/s1. The van der Waals surface area contributed by atoms with Crippen LogP contribution in [0.3, 0.4) is 0 Å². The fourth-order valence-electron chi connectivity index (χ4n) is 3.32. The summed E-state index contributed by atoms with van der Waals surface area (Å²) in [4.78, 5) is 37.9. The fraction of sp³-hybridized carbons (Fsp3) is 0.438. The van der Waals surface area contributed by atoms with Crippen molar-refractivity contribution in [1.82, 2.24) is 5.32 Å². The molecule has 0 aliphatic carbocycles. The van der Waals surface area contributed by atoms with E-state index < -0.39 is 11.5 Å². The number of hydrogen-bond donors (Lipinski definition) is 1.